The molecule has 0 aliphatic carbocycles. The van der Waals surface area contributed by atoms with Gasteiger partial charge in [-0.3, -0.25) is 4.68 Å². The van der Waals surface area contributed by atoms with Crippen molar-refractivity contribution in [3.8, 4) is 0 Å². The van der Waals surface area contributed by atoms with E-state index in [-0.39, 0.29) is 5.82 Å². The molecule has 5 nitrogen and oxygen atoms in total. The van der Waals surface area contributed by atoms with Gasteiger partial charge in [0.05, 0.1) is 11.6 Å². The molecule has 1 aliphatic heterocycles. The van der Waals surface area contributed by atoms with E-state index < -0.39 is 0 Å². The molecule has 2 aromatic heterocycles. The Labute approximate surface area is 114 Å². The van der Waals surface area contributed by atoms with Crippen LogP contribution in [0.15, 0.2) is 43.0 Å². The molecule has 0 unspecified atom stereocenters. The molecule has 0 N–H and O–H groups in total. The highest BCUT2D eigenvalue weighted by Gasteiger charge is 2.30. The van der Waals surface area contributed by atoms with Gasteiger partial charge in [-0.2, -0.15) is 5.10 Å². The summed E-state index contributed by atoms with van der Waals surface area (Å²) in [4.78, 5) is 10.6. The molecule has 0 bridgehead atoms. The molecule has 1 aliphatic rings. The van der Waals surface area contributed by atoms with Gasteiger partial charge >= 0.3 is 0 Å². The van der Waals surface area contributed by atoms with Crippen LogP contribution in [0.5, 0.6) is 0 Å². The van der Waals surface area contributed by atoms with Crippen molar-refractivity contribution in [1.82, 2.24) is 19.7 Å². The van der Waals surface area contributed by atoms with Crippen LogP contribution in [0, 0.1) is 5.82 Å². The van der Waals surface area contributed by atoms with E-state index in [4.69, 9.17) is 0 Å². The van der Waals surface area contributed by atoms with Gasteiger partial charge in [0.15, 0.2) is 0 Å². The van der Waals surface area contributed by atoms with Crippen LogP contribution in [-0.4, -0.2) is 32.8 Å². The highest BCUT2D eigenvalue weighted by atomic mass is 19.1. The molecule has 0 radical (unpaired) electrons. The van der Waals surface area contributed by atoms with Gasteiger partial charge in [0.1, 0.15) is 18.0 Å². The van der Waals surface area contributed by atoms with Crippen LogP contribution in [0.3, 0.4) is 0 Å². The van der Waals surface area contributed by atoms with Gasteiger partial charge in [0, 0.05) is 36.9 Å². The molecule has 3 heterocycles. The van der Waals surface area contributed by atoms with Crippen LogP contribution < -0.4 is 4.90 Å². The maximum Gasteiger partial charge on any atom is 0.140 e. The third kappa shape index (κ3) is 1.72. The molecular formula is C14H12FN5. The van der Waals surface area contributed by atoms with Crippen LogP contribution >= 0.6 is 0 Å². The predicted molar refractivity (Wildman–Crippen MR) is 73.0 cm³/mol. The first-order valence-electron chi connectivity index (χ1n) is 6.45. The van der Waals surface area contributed by atoms with E-state index in [0.717, 1.165) is 24.3 Å². The van der Waals surface area contributed by atoms with Gasteiger partial charge in [0.2, 0.25) is 0 Å². The number of anilines is 1. The van der Waals surface area contributed by atoms with E-state index in [1.807, 2.05) is 16.9 Å². The number of hydrogen-bond donors (Lipinski definition) is 0. The fourth-order valence-electron chi connectivity index (χ4n) is 2.56. The Bertz CT molecular complexity index is 749. The van der Waals surface area contributed by atoms with E-state index in [1.54, 1.807) is 12.3 Å². The van der Waals surface area contributed by atoms with Gasteiger partial charge in [-0.05, 0) is 18.2 Å². The normalized spacial score (nSPS) is 15.6. The summed E-state index contributed by atoms with van der Waals surface area (Å²) in [6.07, 6.45) is 5.24. The second-order valence-corrected chi connectivity index (χ2v) is 4.90. The zero-order valence-corrected chi connectivity index (χ0v) is 10.6. The lowest BCUT2D eigenvalue weighted by Gasteiger charge is -2.40. The molecule has 0 amide bonds. The first kappa shape index (κ1) is 11.3. The Kier molecular flexibility index (Phi) is 2.42. The minimum atomic E-state index is -0.278. The Morgan fingerprint density at radius 3 is 2.90 bits per heavy atom. The number of fused-ring (bicyclic) bond motifs is 1. The molecule has 3 aromatic rings. The predicted octanol–water partition coefficient (Wildman–Crippen LogP) is 2.03. The van der Waals surface area contributed by atoms with Gasteiger partial charge in [-0.1, -0.05) is 0 Å². The lowest BCUT2D eigenvalue weighted by Crippen LogP contribution is -2.48. The molecule has 0 atom stereocenters. The summed E-state index contributed by atoms with van der Waals surface area (Å²) in [5.41, 5.74) is 0.637. The highest BCUT2D eigenvalue weighted by molar-refractivity contribution is 5.89. The quantitative estimate of drug-likeness (QED) is 0.714. The first-order chi connectivity index (χ1) is 9.81. The molecule has 20 heavy (non-hydrogen) atoms. The molecule has 1 fully saturated rings. The monoisotopic (exact) mass is 269 g/mol. The van der Waals surface area contributed by atoms with E-state index in [2.05, 4.69) is 20.0 Å². The summed E-state index contributed by atoms with van der Waals surface area (Å²) in [6, 6.07) is 6.91. The van der Waals surface area contributed by atoms with Crippen LogP contribution in [0.4, 0.5) is 10.2 Å². The highest BCUT2D eigenvalue weighted by Crippen LogP contribution is 2.30. The van der Waals surface area contributed by atoms with Gasteiger partial charge < -0.3 is 4.90 Å². The summed E-state index contributed by atoms with van der Waals surface area (Å²) in [7, 11) is 0. The van der Waals surface area contributed by atoms with Crippen LogP contribution in [0.1, 0.15) is 6.04 Å². The SMILES string of the molecule is Fc1ccc2c(N3CC(n4cccn4)C3)ncnc2c1. The van der Waals surface area contributed by atoms with Crippen molar-refractivity contribution in [2.75, 3.05) is 18.0 Å². The number of halogens is 1. The Balaban J connectivity index is 1.64. The lowest BCUT2D eigenvalue weighted by molar-refractivity contribution is 0.366. The van der Waals surface area contributed by atoms with Crippen LogP contribution in [-0.2, 0) is 0 Å². The Morgan fingerprint density at radius 1 is 1.20 bits per heavy atom. The molecule has 1 saturated heterocycles. The van der Waals surface area contributed by atoms with E-state index in [0.29, 0.717) is 11.6 Å². The Hall–Kier alpha value is -2.50. The third-order valence-corrected chi connectivity index (χ3v) is 3.64. The van der Waals surface area contributed by atoms with E-state index in [1.165, 1.54) is 18.5 Å². The second kappa shape index (κ2) is 4.26. The number of rotatable bonds is 2. The number of nitrogens with zero attached hydrogens (tertiary/aromatic N) is 5. The fourth-order valence-corrected chi connectivity index (χ4v) is 2.56. The first-order valence-corrected chi connectivity index (χ1v) is 6.45. The summed E-state index contributed by atoms with van der Waals surface area (Å²) >= 11 is 0. The molecule has 6 heteroatoms. The minimum absolute atomic E-state index is 0.278. The summed E-state index contributed by atoms with van der Waals surface area (Å²) in [5.74, 6) is 0.582. The zero-order chi connectivity index (χ0) is 13.5. The molecule has 4 rings (SSSR count). The van der Waals surface area contributed by atoms with E-state index in [9.17, 15) is 4.39 Å². The van der Waals surface area contributed by atoms with Crippen molar-refractivity contribution in [2.24, 2.45) is 0 Å². The number of benzene rings is 1. The van der Waals surface area contributed by atoms with Crippen molar-refractivity contribution >= 4 is 16.7 Å². The fraction of sp³-hybridized carbons (Fsp3) is 0.214. The maximum atomic E-state index is 13.2. The van der Waals surface area contributed by atoms with Crippen LogP contribution in [0.25, 0.3) is 10.9 Å². The van der Waals surface area contributed by atoms with Crippen molar-refractivity contribution < 1.29 is 4.39 Å². The van der Waals surface area contributed by atoms with Gasteiger partial charge in [-0.15, -0.1) is 0 Å². The lowest BCUT2D eigenvalue weighted by atomic mass is 10.1. The topological polar surface area (TPSA) is 46.8 Å². The largest absolute Gasteiger partial charge is 0.352 e. The van der Waals surface area contributed by atoms with Crippen molar-refractivity contribution in [3.05, 3.63) is 48.8 Å². The summed E-state index contributed by atoms with van der Waals surface area (Å²) < 4.78 is 15.2. The number of hydrogen-bond acceptors (Lipinski definition) is 4. The van der Waals surface area contributed by atoms with Gasteiger partial charge in [0.25, 0.3) is 0 Å². The average Bonchev–Trinajstić information content (AvgIpc) is 2.90. The summed E-state index contributed by atoms with van der Waals surface area (Å²) in [5, 5.41) is 5.13. The third-order valence-electron chi connectivity index (χ3n) is 3.64. The maximum absolute atomic E-state index is 13.2. The van der Waals surface area contributed by atoms with Crippen molar-refractivity contribution in [2.45, 2.75) is 6.04 Å². The molecule has 1 aromatic carbocycles. The molecule has 100 valence electrons. The second-order valence-electron chi connectivity index (χ2n) is 4.90. The van der Waals surface area contributed by atoms with Crippen molar-refractivity contribution in [1.29, 1.82) is 0 Å². The van der Waals surface area contributed by atoms with Gasteiger partial charge in [-0.25, -0.2) is 14.4 Å². The minimum Gasteiger partial charge on any atom is -0.352 e. The smallest absolute Gasteiger partial charge is 0.140 e. The molecular weight excluding hydrogens is 257 g/mol. The van der Waals surface area contributed by atoms with Crippen molar-refractivity contribution in [3.63, 3.8) is 0 Å². The molecule has 0 spiro atoms. The average molecular weight is 269 g/mol. The number of aromatic nitrogens is 4. The standard InChI is InChI=1S/C14H12FN5/c15-10-2-3-12-13(6-10)16-9-17-14(12)19-7-11(8-19)20-5-1-4-18-20/h1-6,9,11H,7-8H2. The Morgan fingerprint density at radius 2 is 2.10 bits per heavy atom. The molecule has 0 saturated carbocycles. The zero-order valence-electron chi connectivity index (χ0n) is 10.6. The van der Waals surface area contributed by atoms with Crippen LogP contribution in [0.2, 0.25) is 0 Å². The van der Waals surface area contributed by atoms with E-state index >= 15 is 0 Å². The summed E-state index contributed by atoms with van der Waals surface area (Å²) in [6.45, 7) is 1.70.